The lowest BCUT2D eigenvalue weighted by molar-refractivity contribution is 0.411. The Labute approximate surface area is 105 Å². The zero-order valence-corrected chi connectivity index (χ0v) is 11.2. The maximum Gasteiger partial charge on any atom is 0.121 e. The second kappa shape index (κ2) is 8.09. The Bertz CT molecular complexity index is 326. The molecule has 0 bridgehead atoms. The van der Waals surface area contributed by atoms with Crippen LogP contribution < -0.4 is 15.4 Å². The Morgan fingerprint density at radius 1 is 1.18 bits per heavy atom. The van der Waals surface area contributed by atoms with Gasteiger partial charge in [-0.3, -0.25) is 0 Å². The highest BCUT2D eigenvalue weighted by Gasteiger charge is 1.99. The van der Waals surface area contributed by atoms with Crippen molar-refractivity contribution in [2.75, 3.05) is 33.8 Å². The first-order chi connectivity index (χ1) is 8.27. The Hall–Kier alpha value is -1.06. The summed E-state index contributed by atoms with van der Waals surface area (Å²) in [6.45, 7) is 5.28. The number of benzene rings is 1. The van der Waals surface area contributed by atoms with Crippen molar-refractivity contribution < 1.29 is 4.74 Å². The molecule has 0 radical (unpaired) electrons. The molecule has 0 unspecified atom stereocenters. The highest BCUT2D eigenvalue weighted by Crippen LogP contribution is 2.18. The second-order valence-corrected chi connectivity index (χ2v) is 4.26. The zero-order valence-electron chi connectivity index (χ0n) is 11.2. The molecule has 0 fully saturated rings. The third-order valence-corrected chi connectivity index (χ3v) is 2.83. The molecule has 0 aromatic heterocycles. The molecule has 1 rings (SSSR count). The summed E-state index contributed by atoms with van der Waals surface area (Å²) in [6.07, 6.45) is 2.25. The van der Waals surface area contributed by atoms with Crippen LogP contribution >= 0.6 is 0 Å². The Morgan fingerprint density at radius 2 is 2.00 bits per heavy atom. The number of hydrogen-bond acceptors (Lipinski definition) is 3. The minimum Gasteiger partial charge on any atom is -0.496 e. The molecule has 0 aliphatic heterocycles. The molecule has 0 heterocycles. The smallest absolute Gasteiger partial charge is 0.121 e. The number of hydrogen-bond donors (Lipinski definition) is 2. The third kappa shape index (κ3) is 5.20. The molecule has 0 aliphatic carbocycles. The first-order valence-electron chi connectivity index (χ1n) is 6.26. The van der Waals surface area contributed by atoms with Crippen LogP contribution in [0.15, 0.2) is 18.2 Å². The van der Waals surface area contributed by atoms with Gasteiger partial charge in [-0.05, 0) is 63.6 Å². The molecule has 0 aliphatic rings. The molecule has 0 spiro atoms. The fraction of sp³-hybridized carbons (Fsp3) is 0.571. The van der Waals surface area contributed by atoms with Crippen molar-refractivity contribution in [3.8, 4) is 5.75 Å². The van der Waals surface area contributed by atoms with Crippen molar-refractivity contribution in [1.82, 2.24) is 10.6 Å². The Morgan fingerprint density at radius 3 is 2.65 bits per heavy atom. The van der Waals surface area contributed by atoms with E-state index in [0.717, 1.165) is 31.8 Å². The molecule has 0 saturated carbocycles. The summed E-state index contributed by atoms with van der Waals surface area (Å²) in [7, 11) is 3.70. The van der Waals surface area contributed by atoms with E-state index in [9.17, 15) is 0 Å². The van der Waals surface area contributed by atoms with Gasteiger partial charge in [0.1, 0.15) is 5.75 Å². The van der Waals surface area contributed by atoms with Gasteiger partial charge in [0.15, 0.2) is 0 Å². The molecule has 3 heteroatoms. The summed E-state index contributed by atoms with van der Waals surface area (Å²) in [5.41, 5.74) is 2.57. The van der Waals surface area contributed by atoms with Crippen molar-refractivity contribution in [2.45, 2.75) is 19.8 Å². The minimum atomic E-state index is 0.968. The fourth-order valence-electron chi connectivity index (χ4n) is 1.84. The number of aryl methyl sites for hydroxylation is 1. The van der Waals surface area contributed by atoms with Gasteiger partial charge in [0.2, 0.25) is 0 Å². The number of methoxy groups -OCH3 is 1. The maximum atomic E-state index is 5.25. The van der Waals surface area contributed by atoms with Crippen LogP contribution in [0.1, 0.15) is 17.5 Å². The standard InChI is InChI=1S/C14H24N2O/c1-12-11-13(5-6-14(12)17-3)7-10-16-9-4-8-15-2/h5-6,11,15-16H,4,7-10H2,1-3H3. The van der Waals surface area contributed by atoms with Crippen molar-refractivity contribution in [1.29, 1.82) is 0 Å². The van der Waals surface area contributed by atoms with Crippen LogP contribution in [-0.4, -0.2) is 33.8 Å². The largest absolute Gasteiger partial charge is 0.496 e. The minimum absolute atomic E-state index is 0.968. The van der Waals surface area contributed by atoms with E-state index < -0.39 is 0 Å². The monoisotopic (exact) mass is 236 g/mol. The summed E-state index contributed by atoms with van der Waals surface area (Å²) in [4.78, 5) is 0. The zero-order chi connectivity index (χ0) is 12.5. The maximum absolute atomic E-state index is 5.25. The van der Waals surface area contributed by atoms with Crippen LogP contribution in [0.4, 0.5) is 0 Å². The highest BCUT2D eigenvalue weighted by atomic mass is 16.5. The van der Waals surface area contributed by atoms with E-state index in [1.165, 1.54) is 17.5 Å². The number of ether oxygens (including phenoxy) is 1. The summed E-state index contributed by atoms with van der Waals surface area (Å²) >= 11 is 0. The summed E-state index contributed by atoms with van der Waals surface area (Å²) in [5, 5.41) is 6.59. The number of nitrogens with one attached hydrogen (secondary N) is 2. The molecule has 0 amide bonds. The quantitative estimate of drug-likeness (QED) is 0.675. The first-order valence-corrected chi connectivity index (χ1v) is 6.26. The number of rotatable bonds is 8. The average molecular weight is 236 g/mol. The van der Waals surface area contributed by atoms with Gasteiger partial charge in [0.25, 0.3) is 0 Å². The first kappa shape index (κ1) is 14.0. The van der Waals surface area contributed by atoms with Crippen LogP contribution in [0.3, 0.4) is 0 Å². The summed E-state index contributed by atoms with van der Waals surface area (Å²) < 4.78 is 5.25. The molecule has 1 aromatic carbocycles. The van der Waals surface area contributed by atoms with E-state index in [4.69, 9.17) is 4.74 Å². The average Bonchev–Trinajstić information content (AvgIpc) is 2.34. The third-order valence-electron chi connectivity index (χ3n) is 2.83. The molecular weight excluding hydrogens is 212 g/mol. The molecule has 1 aromatic rings. The van der Waals surface area contributed by atoms with Gasteiger partial charge in [0, 0.05) is 0 Å². The fourth-order valence-corrected chi connectivity index (χ4v) is 1.84. The lowest BCUT2D eigenvalue weighted by Gasteiger charge is -2.08. The lowest BCUT2D eigenvalue weighted by Crippen LogP contribution is -2.21. The van der Waals surface area contributed by atoms with Crippen molar-refractivity contribution in [3.63, 3.8) is 0 Å². The van der Waals surface area contributed by atoms with Gasteiger partial charge in [-0.15, -0.1) is 0 Å². The summed E-state index contributed by atoms with van der Waals surface area (Å²) in [6, 6.07) is 6.39. The van der Waals surface area contributed by atoms with E-state index in [0.29, 0.717) is 0 Å². The normalized spacial score (nSPS) is 10.5. The van der Waals surface area contributed by atoms with Crippen molar-refractivity contribution in [2.24, 2.45) is 0 Å². The molecule has 2 N–H and O–H groups in total. The predicted octanol–water partition coefficient (Wildman–Crippen LogP) is 1.75. The highest BCUT2D eigenvalue weighted by molar-refractivity contribution is 5.36. The van der Waals surface area contributed by atoms with Gasteiger partial charge in [-0.1, -0.05) is 12.1 Å². The van der Waals surface area contributed by atoms with Gasteiger partial charge in [0.05, 0.1) is 7.11 Å². The predicted molar refractivity (Wildman–Crippen MR) is 72.8 cm³/mol. The van der Waals surface area contributed by atoms with E-state index in [1.807, 2.05) is 13.1 Å². The van der Waals surface area contributed by atoms with E-state index in [2.05, 4.69) is 29.7 Å². The molecule has 0 atom stereocenters. The SMILES string of the molecule is CNCCCNCCc1ccc(OC)c(C)c1. The Kier molecular flexibility index (Phi) is 6.67. The van der Waals surface area contributed by atoms with E-state index >= 15 is 0 Å². The molecule has 3 nitrogen and oxygen atoms in total. The topological polar surface area (TPSA) is 33.3 Å². The van der Waals surface area contributed by atoms with Gasteiger partial charge < -0.3 is 15.4 Å². The van der Waals surface area contributed by atoms with Gasteiger partial charge in [-0.25, -0.2) is 0 Å². The van der Waals surface area contributed by atoms with Crippen molar-refractivity contribution >= 4 is 0 Å². The van der Waals surface area contributed by atoms with Crippen LogP contribution in [0.2, 0.25) is 0 Å². The molecular formula is C14H24N2O. The molecule has 0 saturated heterocycles. The summed E-state index contributed by atoms with van der Waals surface area (Å²) in [5.74, 6) is 0.968. The van der Waals surface area contributed by atoms with E-state index in [1.54, 1.807) is 7.11 Å². The van der Waals surface area contributed by atoms with E-state index in [-0.39, 0.29) is 0 Å². The Balaban J connectivity index is 2.25. The second-order valence-electron chi connectivity index (χ2n) is 4.26. The van der Waals surface area contributed by atoms with Crippen LogP contribution in [0.5, 0.6) is 5.75 Å². The van der Waals surface area contributed by atoms with Gasteiger partial charge >= 0.3 is 0 Å². The van der Waals surface area contributed by atoms with Gasteiger partial charge in [-0.2, -0.15) is 0 Å². The van der Waals surface area contributed by atoms with Crippen LogP contribution in [-0.2, 0) is 6.42 Å². The lowest BCUT2D eigenvalue weighted by atomic mass is 10.1. The van der Waals surface area contributed by atoms with Crippen molar-refractivity contribution in [3.05, 3.63) is 29.3 Å². The molecule has 96 valence electrons. The van der Waals surface area contributed by atoms with Crippen LogP contribution in [0.25, 0.3) is 0 Å². The van der Waals surface area contributed by atoms with Crippen LogP contribution in [0, 0.1) is 6.92 Å². The molecule has 17 heavy (non-hydrogen) atoms.